The van der Waals surface area contributed by atoms with Crippen LogP contribution in [0.4, 0.5) is 11.5 Å². The van der Waals surface area contributed by atoms with Crippen LogP contribution in [0.2, 0.25) is 0 Å². The Bertz CT molecular complexity index is 504. The molecule has 0 unspecified atom stereocenters. The minimum Gasteiger partial charge on any atom is -0.383 e. The fraction of sp³-hybridized carbons (Fsp3) is 0.500. The average molecular weight is 282 g/mol. The molecular weight excluding hydrogens is 264 g/mol. The lowest BCUT2D eigenvalue weighted by atomic mass is 10.2. The van der Waals surface area contributed by atoms with Crippen molar-refractivity contribution in [3.8, 4) is 0 Å². The van der Waals surface area contributed by atoms with Gasteiger partial charge in [-0.15, -0.1) is 0 Å². The number of nitrogen functional groups attached to an aromatic ring is 1. The first-order valence-electron chi connectivity index (χ1n) is 6.10. The average Bonchev–Trinajstić information content (AvgIpc) is 2.37. The second kappa shape index (κ2) is 6.80. The normalized spacial score (nSPS) is 10.6. The molecule has 1 aromatic rings. The van der Waals surface area contributed by atoms with Gasteiger partial charge in [-0.25, -0.2) is 4.98 Å². The maximum atomic E-state index is 12.1. The lowest BCUT2D eigenvalue weighted by molar-refractivity contribution is -0.385. The fourth-order valence-electron chi connectivity index (χ4n) is 1.47. The minimum atomic E-state index is -0.620. The van der Waals surface area contributed by atoms with E-state index in [-0.39, 0.29) is 23.2 Å². The van der Waals surface area contributed by atoms with E-state index in [1.54, 1.807) is 7.05 Å². The molecule has 1 aromatic heterocycles. The van der Waals surface area contributed by atoms with Gasteiger partial charge >= 0.3 is 0 Å². The van der Waals surface area contributed by atoms with Crippen molar-refractivity contribution >= 4 is 17.4 Å². The quantitative estimate of drug-likeness (QED) is 0.617. The molecule has 1 amide bonds. The number of likely N-dealkylation sites (N-methyl/N-ethyl adjacent to an activating group) is 1. The van der Waals surface area contributed by atoms with Gasteiger partial charge in [0.2, 0.25) is 0 Å². The third-order valence-electron chi connectivity index (χ3n) is 2.57. The zero-order valence-electron chi connectivity index (χ0n) is 11.7. The number of carbonyl (C=O) groups is 1. The van der Waals surface area contributed by atoms with E-state index >= 15 is 0 Å². The third kappa shape index (κ3) is 4.16. The van der Waals surface area contributed by atoms with Crippen LogP contribution in [-0.4, -0.2) is 47.0 Å². The summed E-state index contributed by atoms with van der Waals surface area (Å²) >= 11 is 0. The van der Waals surface area contributed by atoms with Crippen molar-refractivity contribution in [3.05, 3.63) is 27.9 Å². The molecule has 0 aliphatic rings. The predicted octanol–water partition coefficient (Wildman–Crippen LogP) is 1.07. The van der Waals surface area contributed by atoms with Crippen molar-refractivity contribution in [3.63, 3.8) is 0 Å². The van der Waals surface area contributed by atoms with Crippen LogP contribution in [0.25, 0.3) is 0 Å². The van der Waals surface area contributed by atoms with Crippen molar-refractivity contribution in [2.24, 2.45) is 0 Å². The zero-order chi connectivity index (χ0) is 15.3. The van der Waals surface area contributed by atoms with Gasteiger partial charge in [-0.05, 0) is 13.8 Å². The van der Waals surface area contributed by atoms with Gasteiger partial charge in [0.15, 0.2) is 0 Å². The predicted molar refractivity (Wildman–Crippen MR) is 73.4 cm³/mol. The van der Waals surface area contributed by atoms with E-state index in [0.717, 1.165) is 12.3 Å². The summed E-state index contributed by atoms with van der Waals surface area (Å²) < 4.78 is 5.34. The molecular formula is C12H18N4O4. The smallest absolute Gasteiger partial charge is 0.288 e. The number of carbonyl (C=O) groups excluding carboxylic acids is 1. The highest BCUT2D eigenvalue weighted by atomic mass is 16.6. The molecule has 110 valence electrons. The number of hydrogen-bond acceptors (Lipinski definition) is 6. The molecule has 0 bridgehead atoms. The number of aromatic nitrogens is 1. The standard InChI is InChI=1S/C12H18N4O4/c1-8(2)20-5-4-15(3)12(17)10-6-9(16(18)19)7-14-11(10)13/h6-8H,4-5H2,1-3H3,(H2,13,14). The van der Waals surface area contributed by atoms with E-state index in [1.807, 2.05) is 13.8 Å². The summed E-state index contributed by atoms with van der Waals surface area (Å²) in [6.07, 6.45) is 1.09. The molecule has 2 N–H and O–H groups in total. The second-order valence-electron chi connectivity index (χ2n) is 4.53. The van der Waals surface area contributed by atoms with Gasteiger partial charge in [0, 0.05) is 19.7 Å². The van der Waals surface area contributed by atoms with Crippen LogP contribution in [0.1, 0.15) is 24.2 Å². The van der Waals surface area contributed by atoms with E-state index < -0.39 is 10.8 Å². The van der Waals surface area contributed by atoms with Crippen LogP contribution >= 0.6 is 0 Å². The third-order valence-corrected chi connectivity index (χ3v) is 2.57. The highest BCUT2D eigenvalue weighted by Crippen LogP contribution is 2.18. The number of anilines is 1. The van der Waals surface area contributed by atoms with Crippen molar-refractivity contribution in [2.45, 2.75) is 20.0 Å². The SMILES string of the molecule is CC(C)OCCN(C)C(=O)c1cc([N+](=O)[O-])cnc1N. The molecule has 1 heterocycles. The Labute approximate surface area is 116 Å². The lowest BCUT2D eigenvalue weighted by Gasteiger charge is -2.18. The van der Waals surface area contributed by atoms with Gasteiger partial charge in [0.25, 0.3) is 11.6 Å². The van der Waals surface area contributed by atoms with Crippen molar-refractivity contribution < 1.29 is 14.5 Å². The van der Waals surface area contributed by atoms with E-state index in [1.165, 1.54) is 4.90 Å². The molecule has 0 atom stereocenters. The number of hydrogen-bond donors (Lipinski definition) is 1. The van der Waals surface area contributed by atoms with Crippen LogP contribution in [0.5, 0.6) is 0 Å². The summed E-state index contributed by atoms with van der Waals surface area (Å²) in [5.41, 5.74) is 5.34. The molecule has 1 rings (SSSR count). The summed E-state index contributed by atoms with van der Waals surface area (Å²) in [7, 11) is 1.57. The minimum absolute atomic E-state index is 0.0197. The van der Waals surface area contributed by atoms with Gasteiger partial charge in [-0.1, -0.05) is 0 Å². The summed E-state index contributed by atoms with van der Waals surface area (Å²) in [5, 5.41) is 10.7. The number of nitro groups is 1. The molecule has 0 fully saturated rings. The molecule has 0 saturated heterocycles. The molecule has 0 aliphatic carbocycles. The highest BCUT2D eigenvalue weighted by Gasteiger charge is 2.19. The monoisotopic (exact) mass is 282 g/mol. The first kappa shape index (κ1) is 15.8. The molecule has 20 heavy (non-hydrogen) atoms. The maximum absolute atomic E-state index is 12.1. The Balaban J connectivity index is 2.80. The van der Waals surface area contributed by atoms with Crippen molar-refractivity contribution in [1.82, 2.24) is 9.88 Å². The molecule has 0 spiro atoms. The summed E-state index contributed by atoms with van der Waals surface area (Å²) in [6, 6.07) is 1.13. The number of pyridine rings is 1. The lowest BCUT2D eigenvalue weighted by Crippen LogP contribution is -2.31. The van der Waals surface area contributed by atoms with Crippen LogP contribution in [0.15, 0.2) is 12.3 Å². The van der Waals surface area contributed by atoms with Crippen LogP contribution in [0.3, 0.4) is 0 Å². The maximum Gasteiger partial charge on any atom is 0.288 e. The van der Waals surface area contributed by atoms with Crippen LogP contribution in [0, 0.1) is 10.1 Å². The Hall–Kier alpha value is -2.22. The first-order valence-corrected chi connectivity index (χ1v) is 6.10. The molecule has 8 heteroatoms. The summed E-state index contributed by atoms with van der Waals surface area (Å²) in [5.74, 6) is -0.455. The van der Waals surface area contributed by atoms with Gasteiger partial charge in [-0.2, -0.15) is 0 Å². The molecule has 0 radical (unpaired) electrons. The molecule has 8 nitrogen and oxygen atoms in total. The van der Waals surface area contributed by atoms with Gasteiger partial charge in [0.05, 0.1) is 23.2 Å². The number of rotatable bonds is 6. The first-order chi connectivity index (χ1) is 9.32. The van der Waals surface area contributed by atoms with E-state index in [2.05, 4.69) is 4.98 Å². The Morgan fingerprint density at radius 3 is 2.80 bits per heavy atom. The number of nitrogens with two attached hydrogens (primary N) is 1. The summed E-state index contributed by atoms with van der Waals surface area (Å²) in [6.45, 7) is 4.52. The van der Waals surface area contributed by atoms with Crippen molar-refractivity contribution in [1.29, 1.82) is 0 Å². The number of ether oxygens (including phenoxy) is 1. The zero-order valence-corrected chi connectivity index (χ0v) is 11.7. The largest absolute Gasteiger partial charge is 0.383 e. The second-order valence-corrected chi connectivity index (χ2v) is 4.53. The molecule has 0 saturated carbocycles. The van der Waals surface area contributed by atoms with Gasteiger partial charge in [0.1, 0.15) is 12.0 Å². The summed E-state index contributed by atoms with van der Waals surface area (Å²) in [4.78, 5) is 27.3. The Kier molecular flexibility index (Phi) is 5.39. The number of amides is 1. The van der Waals surface area contributed by atoms with E-state index in [0.29, 0.717) is 13.2 Å². The Morgan fingerprint density at radius 1 is 1.60 bits per heavy atom. The topological polar surface area (TPSA) is 112 Å². The molecule has 0 aromatic carbocycles. The highest BCUT2D eigenvalue weighted by molar-refractivity contribution is 5.98. The van der Waals surface area contributed by atoms with Gasteiger partial charge in [-0.3, -0.25) is 14.9 Å². The van der Waals surface area contributed by atoms with E-state index in [9.17, 15) is 14.9 Å². The van der Waals surface area contributed by atoms with Crippen LogP contribution in [-0.2, 0) is 4.74 Å². The molecule has 0 aliphatic heterocycles. The van der Waals surface area contributed by atoms with Gasteiger partial charge < -0.3 is 15.4 Å². The fourth-order valence-corrected chi connectivity index (χ4v) is 1.47. The van der Waals surface area contributed by atoms with Crippen molar-refractivity contribution in [2.75, 3.05) is 25.9 Å². The van der Waals surface area contributed by atoms with Crippen LogP contribution < -0.4 is 5.73 Å². The number of nitrogens with zero attached hydrogens (tertiary/aromatic N) is 3. The van der Waals surface area contributed by atoms with E-state index in [4.69, 9.17) is 10.5 Å². The Morgan fingerprint density at radius 2 is 2.25 bits per heavy atom.